The number of nitrogens with zero attached hydrogens (tertiary/aromatic N) is 1. The summed E-state index contributed by atoms with van der Waals surface area (Å²) in [6.45, 7) is 5.71. The Hall–Kier alpha value is -1.86. The second-order valence-corrected chi connectivity index (χ2v) is 8.07. The van der Waals surface area contributed by atoms with Crippen LogP contribution in [0.4, 0.5) is 5.69 Å². The molecule has 0 unspecified atom stereocenters. The molecule has 134 valence electrons. The molecule has 7 heteroatoms. The number of anilines is 1. The second kappa shape index (κ2) is 8.01. The number of hydrogen-bond acceptors (Lipinski definition) is 4. The minimum Gasteiger partial charge on any atom is -0.462 e. The van der Waals surface area contributed by atoms with Crippen LogP contribution in [0.5, 0.6) is 0 Å². The van der Waals surface area contributed by atoms with E-state index in [1.165, 1.54) is 4.31 Å². The Kier molecular flexibility index (Phi) is 6.24. The fourth-order valence-electron chi connectivity index (χ4n) is 2.53. The zero-order valence-corrected chi connectivity index (χ0v) is 16.7. The zero-order valence-electron chi connectivity index (χ0n) is 14.3. The summed E-state index contributed by atoms with van der Waals surface area (Å²) in [6.07, 6.45) is 0. The summed E-state index contributed by atoms with van der Waals surface area (Å²) >= 11 is 3.30. The average molecular weight is 426 g/mol. The van der Waals surface area contributed by atoms with Gasteiger partial charge in [0.05, 0.1) is 22.8 Å². The van der Waals surface area contributed by atoms with Crippen LogP contribution in [0.25, 0.3) is 0 Å². The number of esters is 1. The maximum atomic E-state index is 13.0. The lowest BCUT2D eigenvalue weighted by Crippen LogP contribution is -2.31. The highest BCUT2D eigenvalue weighted by molar-refractivity contribution is 9.10. The van der Waals surface area contributed by atoms with Crippen molar-refractivity contribution in [2.75, 3.05) is 17.5 Å². The van der Waals surface area contributed by atoms with Gasteiger partial charge in [-0.05, 0) is 62.7 Å². The van der Waals surface area contributed by atoms with E-state index in [1.54, 1.807) is 63.2 Å². The van der Waals surface area contributed by atoms with Gasteiger partial charge in [-0.15, -0.1) is 0 Å². The topological polar surface area (TPSA) is 63.7 Å². The van der Waals surface area contributed by atoms with Crippen LogP contribution in [-0.2, 0) is 14.8 Å². The maximum absolute atomic E-state index is 13.0. The third-order valence-corrected chi connectivity index (χ3v) is 6.19. The predicted octanol–water partition coefficient (Wildman–Crippen LogP) is 4.15. The number of halogens is 1. The van der Waals surface area contributed by atoms with E-state index < -0.39 is 16.0 Å². The smallest absolute Gasteiger partial charge is 0.338 e. The Morgan fingerprint density at radius 2 is 1.76 bits per heavy atom. The van der Waals surface area contributed by atoms with Crippen molar-refractivity contribution in [3.63, 3.8) is 0 Å². The minimum absolute atomic E-state index is 0.193. The summed E-state index contributed by atoms with van der Waals surface area (Å²) in [5.74, 6) is -0.459. The van der Waals surface area contributed by atoms with Gasteiger partial charge in [-0.25, -0.2) is 13.2 Å². The quantitative estimate of drug-likeness (QED) is 0.651. The number of benzene rings is 2. The van der Waals surface area contributed by atoms with Gasteiger partial charge >= 0.3 is 5.97 Å². The number of carbonyl (C=O) groups excluding carboxylic acids is 1. The first kappa shape index (κ1) is 19.5. The molecule has 2 aromatic carbocycles. The third kappa shape index (κ3) is 4.04. The molecule has 0 fully saturated rings. The highest BCUT2D eigenvalue weighted by Gasteiger charge is 2.26. The molecule has 0 atom stereocenters. The summed E-state index contributed by atoms with van der Waals surface area (Å²) in [7, 11) is -3.74. The van der Waals surface area contributed by atoms with Gasteiger partial charge < -0.3 is 4.74 Å². The molecule has 2 rings (SSSR count). The van der Waals surface area contributed by atoms with Gasteiger partial charge in [0.25, 0.3) is 10.0 Å². The number of hydrogen-bond donors (Lipinski definition) is 0. The number of carbonyl (C=O) groups is 1. The van der Waals surface area contributed by atoms with Crippen molar-refractivity contribution >= 4 is 37.6 Å². The van der Waals surface area contributed by atoms with Gasteiger partial charge in [0.2, 0.25) is 0 Å². The number of sulfonamides is 1. The van der Waals surface area contributed by atoms with Gasteiger partial charge in [0.1, 0.15) is 0 Å². The molecule has 25 heavy (non-hydrogen) atoms. The van der Waals surface area contributed by atoms with E-state index in [4.69, 9.17) is 4.74 Å². The highest BCUT2D eigenvalue weighted by Crippen LogP contribution is 2.29. The summed E-state index contributed by atoms with van der Waals surface area (Å²) in [5.41, 5.74) is 1.41. The van der Waals surface area contributed by atoms with E-state index in [1.807, 2.05) is 0 Å². The lowest BCUT2D eigenvalue weighted by molar-refractivity contribution is 0.0525. The molecule has 0 aromatic heterocycles. The Labute approximate surface area is 156 Å². The van der Waals surface area contributed by atoms with E-state index in [0.29, 0.717) is 16.8 Å². The van der Waals surface area contributed by atoms with Crippen molar-refractivity contribution in [1.82, 2.24) is 0 Å². The summed E-state index contributed by atoms with van der Waals surface area (Å²) in [4.78, 5) is 12.3. The summed E-state index contributed by atoms with van der Waals surface area (Å²) in [6, 6.07) is 11.5. The molecule has 0 amide bonds. The predicted molar refractivity (Wildman–Crippen MR) is 101 cm³/mol. The third-order valence-electron chi connectivity index (χ3n) is 3.76. The summed E-state index contributed by atoms with van der Waals surface area (Å²) < 4.78 is 33.2. The highest BCUT2D eigenvalue weighted by atomic mass is 79.9. The van der Waals surface area contributed by atoms with Crippen molar-refractivity contribution < 1.29 is 17.9 Å². The van der Waals surface area contributed by atoms with Crippen molar-refractivity contribution in [2.45, 2.75) is 25.7 Å². The van der Waals surface area contributed by atoms with E-state index >= 15 is 0 Å². The molecule has 0 saturated carbocycles. The molecule has 0 heterocycles. The van der Waals surface area contributed by atoms with Gasteiger partial charge in [0.15, 0.2) is 0 Å². The lowest BCUT2D eigenvalue weighted by Gasteiger charge is -2.25. The molecule has 0 aliphatic heterocycles. The van der Waals surface area contributed by atoms with Crippen LogP contribution in [0.15, 0.2) is 51.8 Å². The van der Waals surface area contributed by atoms with Crippen LogP contribution >= 0.6 is 15.9 Å². The van der Waals surface area contributed by atoms with Crippen molar-refractivity contribution in [3.05, 3.63) is 58.1 Å². The second-order valence-electron chi connectivity index (χ2n) is 5.29. The SMILES string of the molecule is CCOC(=O)c1cccc(N(CC)S(=O)(=O)c2ccc(Br)cc2)c1C. The van der Waals surface area contributed by atoms with Crippen LogP contribution in [0.1, 0.15) is 29.8 Å². The minimum atomic E-state index is -3.74. The van der Waals surface area contributed by atoms with Gasteiger partial charge in [0, 0.05) is 11.0 Å². The molecule has 2 aromatic rings. The van der Waals surface area contributed by atoms with Crippen molar-refractivity contribution in [3.8, 4) is 0 Å². The largest absolute Gasteiger partial charge is 0.462 e. The molecule has 0 N–H and O–H groups in total. The molecule has 0 aliphatic carbocycles. The first-order valence-corrected chi connectivity index (χ1v) is 10.1. The molecule has 5 nitrogen and oxygen atoms in total. The van der Waals surface area contributed by atoms with E-state index in [0.717, 1.165) is 4.47 Å². The fourth-order valence-corrected chi connectivity index (χ4v) is 4.32. The maximum Gasteiger partial charge on any atom is 0.338 e. The first-order valence-electron chi connectivity index (χ1n) is 7.88. The molecule has 0 bridgehead atoms. The summed E-state index contributed by atoms with van der Waals surface area (Å²) in [5, 5.41) is 0. The average Bonchev–Trinajstić information content (AvgIpc) is 2.57. The van der Waals surface area contributed by atoms with E-state index in [9.17, 15) is 13.2 Å². The molecule has 0 saturated heterocycles. The Bertz CT molecular complexity index is 863. The van der Waals surface area contributed by atoms with Crippen LogP contribution in [0.2, 0.25) is 0 Å². The molecular weight excluding hydrogens is 406 g/mol. The molecule has 0 aliphatic rings. The van der Waals surface area contributed by atoms with Crippen molar-refractivity contribution in [2.24, 2.45) is 0 Å². The van der Waals surface area contributed by atoms with Gasteiger partial charge in [-0.3, -0.25) is 4.31 Å². The zero-order chi connectivity index (χ0) is 18.6. The normalized spacial score (nSPS) is 11.2. The van der Waals surface area contributed by atoms with Gasteiger partial charge in [-0.2, -0.15) is 0 Å². The van der Waals surface area contributed by atoms with Crippen molar-refractivity contribution in [1.29, 1.82) is 0 Å². The number of ether oxygens (including phenoxy) is 1. The monoisotopic (exact) mass is 425 g/mol. The van der Waals surface area contributed by atoms with Crippen LogP contribution < -0.4 is 4.31 Å². The number of rotatable bonds is 6. The van der Waals surface area contributed by atoms with Crippen LogP contribution in [0.3, 0.4) is 0 Å². The lowest BCUT2D eigenvalue weighted by atomic mass is 10.1. The molecule has 0 radical (unpaired) electrons. The Morgan fingerprint density at radius 3 is 2.32 bits per heavy atom. The van der Waals surface area contributed by atoms with E-state index in [-0.39, 0.29) is 18.0 Å². The van der Waals surface area contributed by atoms with Gasteiger partial charge in [-0.1, -0.05) is 22.0 Å². The standard InChI is InChI=1S/C18H20BrNO4S/c1-4-20(25(22,23)15-11-9-14(19)10-12-15)17-8-6-7-16(13(17)3)18(21)24-5-2/h6-12H,4-5H2,1-3H3. The van der Waals surface area contributed by atoms with Crippen LogP contribution in [0, 0.1) is 6.92 Å². The first-order chi connectivity index (χ1) is 11.8. The Balaban J connectivity index is 2.52. The Morgan fingerprint density at radius 1 is 1.12 bits per heavy atom. The molecular formula is C18H20BrNO4S. The molecule has 0 spiro atoms. The fraction of sp³-hybridized carbons (Fsp3) is 0.278. The van der Waals surface area contributed by atoms with E-state index in [2.05, 4.69) is 15.9 Å². The van der Waals surface area contributed by atoms with Crippen LogP contribution in [-0.4, -0.2) is 27.5 Å².